The lowest BCUT2D eigenvalue weighted by Gasteiger charge is -2.03. The van der Waals surface area contributed by atoms with E-state index in [0.717, 1.165) is 24.3 Å². The third kappa shape index (κ3) is 4.53. The highest BCUT2D eigenvalue weighted by molar-refractivity contribution is 5.50. The first kappa shape index (κ1) is 12.1. The summed E-state index contributed by atoms with van der Waals surface area (Å²) in [5, 5.41) is 3.41. The number of benzene rings is 1. The predicted molar refractivity (Wildman–Crippen MR) is 65.3 cm³/mol. The van der Waals surface area contributed by atoms with Gasteiger partial charge in [-0.3, -0.25) is 0 Å². The van der Waals surface area contributed by atoms with Gasteiger partial charge in [-0.15, -0.1) is 0 Å². The van der Waals surface area contributed by atoms with Gasteiger partial charge in [0.25, 0.3) is 0 Å². The Kier molecular flexibility index (Phi) is 5.59. The number of hydrogen-bond donors (Lipinski definition) is 0. The first-order chi connectivity index (χ1) is 7.86. The van der Waals surface area contributed by atoms with Gasteiger partial charge in [0.15, 0.2) is 0 Å². The Morgan fingerprint density at radius 3 is 2.75 bits per heavy atom. The minimum Gasteiger partial charge on any atom is -0.494 e. The smallest absolute Gasteiger partial charge is 0.119 e. The summed E-state index contributed by atoms with van der Waals surface area (Å²) in [6.07, 6.45) is 4.74. The van der Waals surface area contributed by atoms with E-state index in [1.165, 1.54) is 0 Å². The van der Waals surface area contributed by atoms with E-state index in [0.29, 0.717) is 6.54 Å². The maximum absolute atomic E-state index is 8.09. The summed E-state index contributed by atoms with van der Waals surface area (Å²) in [6.45, 7) is 3.20. The van der Waals surface area contributed by atoms with Gasteiger partial charge in [-0.25, -0.2) is 0 Å². The van der Waals surface area contributed by atoms with Crippen LogP contribution in [0.4, 0.5) is 0 Å². The fourth-order valence-corrected chi connectivity index (χ4v) is 1.17. The van der Waals surface area contributed by atoms with Crippen LogP contribution in [-0.4, -0.2) is 13.2 Å². The molecule has 0 aliphatic rings. The monoisotopic (exact) mass is 217 g/mol. The van der Waals surface area contributed by atoms with Crippen molar-refractivity contribution in [1.82, 2.24) is 0 Å². The lowest BCUT2D eigenvalue weighted by Crippen LogP contribution is -1.94. The van der Waals surface area contributed by atoms with Crippen LogP contribution in [0.3, 0.4) is 0 Å². The molecule has 4 heteroatoms. The van der Waals surface area contributed by atoms with Crippen LogP contribution in [0.1, 0.15) is 18.9 Å². The molecule has 0 bridgehead atoms. The molecule has 0 radical (unpaired) electrons. The van der Waals surface area contributed by atoms with Crippen molar-refractivity contribution in [3.8, 4) is 5.75 Å². The van der Waals surface area contributed by atoms with Crippen molar-refractivity contribution in [2.75, 3.05) is 13.2 Å². The third-order valence-electron chi connectivity index (χ3n) is 1.91. The molecule has 1 aromatic carbocycles. The molecular weight excluding hydrogens is 202 g/mol. The van der Waals surface area contributed by atoms with Crippen molar-refractivity contribution in [3.63, 3.8) is 0 Å². The van der Waals surface area contributed by atoms with Crippen molar-refractivity contribution in [2.24, 2.45) is 5.11 Å². The van der Waals surface area contributed by atoms with Crippen LogP contribution in [-0.2, 0) is 0 Å². The van der Waals surface area contributed by atoms with Crippen molar-refractivity contribution < 1.29 is 4.74 Å². The quantitative estimate of drug-likeness (QED) is 0.406. The molecule has 1 rings (SSSR count). The summed E-state index contributed by atoms with van der Waals surface area (Å²) < 4.78 is 5.46. The zero-order chi connectivity index (χ0) is 11.6. The Labute approximate surface area is 95.2 Å². The normalized spacial score (nSPS) is 10.1. The van der Waals surface area contributed by atoms with E-state index in [1.807, 2.05) is 36.4 Å². The van der Waals surface area contributed by atoms with Crippen LogP contribution in [0, 0.1) is 0 Å². The van der Waals surface area contributed by atoms with Crippen molar-refractivity contribution in [1.29, 1.82) is 0 Å². The van der Waals surface area contributed by atoms with Crippen molar-refractivity contribution in [2.45, 2.75) is 13.3 Å². The van der Waals surface area contributed by atoms with Gasteiger partial charge in [0.05, 0.1) is 6.61 Å². The molecule has 0 atom stereocenters. The van der Waals surface area contributed by atoms with Gasteiger partial charge in [0, 0.05) is 11.5 Å². The van der Waals surface area contributed by atoms with E-state index in [2.05, 4.69) is 16.9 Å². The largest absolute Gasteiger partial charge is 0.494 e. The molecule has 0 amide bonds. The maximum atomic E-state index is 8.09. The summed E-state index contributed by atoms with van der Waals surface area (Å²) in [5.74, 6) is 0.883. The number of hydrogen-bond acceptors (Lipinski definition) is 2. The Hall–Kier alpha value is -1.93. The summed E-state index contributed by atoms with van der Waals surface area (Å²) in [4.78, 5) is 2.67. The van der Waals surface area contributed by atoms with Gasteiger partial charge in [-0.2, -0.15) is 0 Å². The molecule has 0 aliphatic heterocycles. The summed E-state index contributed by atoms with van der Waals surface area (Å²) in [5.41, 5.74) is 9.16. The van der Waals surface area contributed by atoms with Crippen LogP contribution in [0.2, 0.25) is 0 Å². The van der Waals surface area contributed by atoms with E-state index in [9.17, 15) is 0 Å². The zero-order valence-corrected chi connectivity index (χ0v) is 9.34. The number of azide groups is 1. The standard InChI is InChI=1S/C12H15N3O/c1-2-10-16-12-7-5-11(6-8-12)4-3-9-14-15-13/h3-8H,2,9-10H2,1H3. The molecule has 16 heavy (non-hydrogen) atoms. The molecule has 0 heterocycles. The average molecular weight is 217 g/mol. The van der Waals surface area contributed by atoms with E-state index in [1.54, 1.807) is 0 Å². The molecule has 0 spiro atoms. The number of nitrogens with zero attached hydrogens (tertiary/aromatic N) is 3. The second-order valence-corrected chi connectivity index (χ2v) is 3.23. The van der Waals surface area contributed by atoms with E-state index >= 15 is 0 Å². The van der Waals surface area contributed by atoms with Crippen LogP contribution >= 0.6 is 0 Å². The Bertz CT molecular complexity index is 378. The Morgan fingerprint density at radius 2 is 2.12 bits per heavy atom. The van der Waals surface area contributed by atoms with Gasteiger partial charge in [-0.05, 0) is 29.6 Å². The molecule has 0 aromatic heterocycles. The molecule has 0 saturated carbocycles. The highest BCUT2D eigenvalue weighted by Crippen LogP contribution is 2.13. The van der Waals surface area contributed by atoms with Gasteiger partial charge < -0.3 is 4.74 Å². The van der Waals surface area contributed by atoms with Gasteiger partial charge >= 0.3 is 0 Å². The minimum absolute atomic E-state index is 0.380. The lowest BCUT2D eigenvalue weighted by molar-refractivity contribution is 0.317. The lowest BCUT2D eigenvalue weighted by atomic mass is 10.2. The molecular formula is C12H15N3O. The molecule has 84 valence electrons. The molecule has 0 unspecified atom stereocenters. The predicted octanol–water partition coefficient (Wildman–Crippen LogP) is 3.80. The van der Waals surface area contributed by atoms with Gasteiger partial charge in [0.2, 0.25) is 0 Å². The first-order valence-corrected chi connectivity index (χ1v) is 5.27. The number of ether oxygens (including phenoxy) is 1. The van der Waals surface area contributed by atoms with Gasteiger partial charge in [0.1, 0.15) is 5.75 Å². The highest BCUT2D eigenvalue weighted by Gasteiger charge is 1.91. The molecule has 1 aromatic rings. The highest BCUT2D eigenvalue weighted by atomic mass is 16.5. The van der Waals surface area contributed by atoms with Crippen molar-refractivity contribution >= 4 is 6.08 Å². The molecule has 0 fully saturated rings. The third-order valence-corrected chi connectivity index (χ3v) is 1.91. The Balaban J connectivity index is 2.50. The molecule has 0 saturated heterocycles. The topological polar surface area (TPSA) is 58.0 Å². The second-order valence-electron chi connectivity index (χ2n) is 3.23. The van der Waals surface area contributed by atoms with E-state index in [4.69, 9.17) is 10.3 Å². The van der Waals surface area contributed by atoms with E-state index < -0.39 is 0 Å². The van der Waals surface area contributed by atoms with Crippen LogP contribution < -0.4 is 4.74 Å². The summed E-state index contributed by atoms with van der Waals surface area (Å²) in [6, 6.07) is 7.81. The summed E-state index contributed by atoms with van der Waals surface area (Å²) >= 11 is 0. The first-order valence-electron chi connectivity index (χ1n) is 5.27. The molecule has 4 nitrogen and oxygen atoms in total. The molecule has 0 aliphatic carbocycles. The van der Waals surface area contributed by atoms with Crippen molar-refractivity contribution in [3.05, 3.63) is 46.3 Å². The van der Waals surface area contributed by atoms with Crippen LogP contribution in [0.15, 0.2) is 35.5 Å². The number of rotatable bonds is 6. The van der Waals surface area contributed by atoms with E-state index in [-0.39, 0.29) is 0 Å². The maximum Gasteiger partial charge on any atom is 0.119 e. The van der Waals surface area contributed by atoms with Gasteiger partial charge in [-0.1, -0.05) is 36.3 Å². The van der Waals surface area contributed by atoms with Crippen LogP contribution in [0.5, 0.6) is 5.75 Å². The fourth-order valence-electron chi connectivity index (χ4n) is 1.17. The SMILES string of the molecule is CCCOc1ccc(C=CCN=[N+]=[N-])cc1. The zero-order valence-electron chi connectivity index (χ0n) is 9.34. The fraction of sp³-hybridized carbons (Fsp3) is 0.333. The minimum atomic E-state index is 0.380. The summed E-state index contributed by atoms with van der Waals surface area (Å²) in [7, 11) is 0. The second kappa shape index (κ2) is 7.37. The van der Waals surface area contributed by atoms with Crippen LogP contribution in [0.25, 0.3) is 16.5 Å². The average Bonchev–Trinajstić information content (AvgIpc) is 2.33. The Morgan fingerprint density at radius 1 is 1.38 bits per heavy atom. The molecule has 0 N–H and O–H groups in total.